The molecule has 1 amide bonds. The van der Waals surface area contributed by atoms with Crippen LogP contribution in [0.4, 0.5) is 0 Å². The summed E-state index contributed by atoms with van der Waals surface area (Å²) < 4.78 is 9.93. The van der Waals surface area contributed by atoms with Crippen molar-refractivity contribution in [2.45, 2.75) is 19.4 Å². The van der Waals surface area contributed by atoms with Crippen LogP contribution in [0.5, 0.6) is 5.75 Å². The highest BCUT2D eigenvalue weighted by Gasteiger charge is 2.25. The number of esters is 1. The molecule has 0 atom stereocenters. The first-order valence-electron chi connectivity index (χ1n) is 8.07. The molecule has 0 unspecified atom stereocenters. The molecule has 6 nitrogen and oxygen atoms in total. The average Bonchev–Trinajstić information content (AvgIpc) is 2.67. The van der Waals surface area contributed by atoms with E-state index in [1.807, 2.05) is 24.3 Å². The van der Waals surface area contributed by atoms with E-state index in [9.17, 15) is 9.59 Å². The molecule has 0 saturated carbocycles. The zero-order valence-electron chi connectivity index (χ0n) is 14.3. The summed E-state index contributed by atoms with van der Waals surface area (Å²) in [5, 5.41) is 0. The number of amides is 1. The molecule has 1 aromatic heterocycles. The Bertz CT molecular complexity index is 787. The average molecular weight is 340 g/mol. The Morgan fingerprint density at radius 1 is 1.16 bits per heavy atom. The predicted molar refractivity (Wildman–Crippen MR) is 91.4 cm³/mol. The topological polar surface area (TPSA) is 68.7 Å². The minimum Gasteiger partial charge on any atom is -0.497 e. The van der Waals surface area contributed by atoms with Crippen LogP contribution in [0.3, 0.4) is 0 Å². The van der Waals surface area contributed by atoms with Crippen molar-refractivity contribution in [3.8, 4) is 5.75 Å². The lowest BCUT2D eigenvalue weighted by Gasteiger charge is -2.29. The summed E-state index contributed by atoms with van der Waals surface area (Å²) in [5.41, 5.74) is 3.26. The fourth-order valence-electron chi connectivity index (χ4n) is 3.02. The smallest absolute Gasteiger partial charge is 0.339 e. The van der Waals surface area contributed by atoms with Crippen molar-refractivity contribution in [3.63, 3.8) is 0 Å². The fourth-order valence-corrected chi connectivity index (χ4v) is 3.02. The quantitative estimate of drug-likeness (QED) is 0.797. The number of pyridine rings is 1. The van der Waals surface area contributed by atoms with Gasteiger partial charge in [-0.3, -0.25) is 9.78 Å². The highest BCUT2D eigenvalue weighted by atomic mass is 16.5. The Morgan fingerprint density at radius 2 is 1.92 bits per heavy atom. The second-order valence-corrected chi connectivity index (χ2v) is 5.91. The van der Waals surface area contributed by atoms with E-state index >= 15 is 0 Å². The van der Waals surface area contributed by atoms with Gasteiger partial charge in [-0.15, -0.1) is 0 Å². The maximum Gasteiger partial charge on any atom is 0.339 e. The van der Waals surface area contributed by atoms with Crippen molar-refractivity contribution >= 4 is 11.9 Å². The summed E-state index contributed by atoms with van der Waals surface area (Å²) in [6, 6.07) is 7.48. The van der Waals surface area contributed by atoms with E-state index in [1.54, 1.807) is 18.2 Å². The molecule has 0 aliphatic carbocycles. The first kappa shape index (κ1) is 17.0. The van der Waals surface area contributed by atoms with Crippen molar-refractivity contribution in [1.29, 1.82) is 0 Å². The molecular weight excluding hydrogens is 320 g/mol. The van der Waals surface area contributed by atoms with Gasteiger partial charge in [0.25, 0.3) is 0 Å². The summed E-state index contributed by atoms with van der Waals surface area (Å²) >= 11 is 0. The molecule has 0 bridgehead atoms. The summed E-state index contributed by atoms with van der Waals surface area (Å²) in [6.45, 7) is 1.04. The van der Waals surface area contributed by atoms with E-state index in [0.29, 0.717) is 31.5 Å². The van der Waals surface area contributed by atoms with Gasteiger partial charge in [-0.25, -0.2) is 4.79 Å². The molecule has 2 heterocycles. The number of hydrogen-bond donors (Lipinski definition) is 0. The highest BCUT2D eigenvalue weighted by Crippen LogP contribution is 2.23. The van der Waals surface area contributed by atoms with Crippen LogP contribution in [0, 0.1) is 0 Å². The van der Waals surface area contributed by atoms with E-state index in [0.717, 1.165) is 22.4 Å². The van der Waals surface area contributed by atoms with Gasteiger partial charge in [0.2, 0.25) is 5.91 Å². The van der Waals surface area contributed by atoms with Crippen LogP contribution in [0.1, 0.15) is 27.0 Å². The molecule has 1 aliphatic rings. The molecule has 1 aliphatic heterocycles. The number of hydrogen-bond acceptors (Lipinski definition) is 5. The lowest BCUT2D eigenvalue weighted by atomic mass is 9.96. The molecule has 25 heavy (non-hydrogen) atoms. The Labute approximate surface area is 146 Å². The van der Waals surface area contributed by atoms with Gasteiger partial charge < -0.3 is 14.4 Å². The first-order chi connectivity index (χ1) is 12.1. The lowest BCUT2D eigenvalue weighted by Crippen LogP contribution is -2.37. The molecular formula is C19H20N2O4. The minimum atomic E-state index is -0.387. The minimum absolute atomic E-state index is 0.0549. The molecule has 0 fully saturated rings. The Kier molecular flexibility index (Phi) is 4.97. The molecule has 0 N–H and O–H groups in total. The largest absolute Gasteiger partial charge is 0.497 e. The summed E-state index contributed by atoms with van der Waals surface area (Å²) in [7, 11) is 2.97. The van der Waals surface area contributed by atoms with Gasteiger partial charge in [0.1, 0.15) is 5.75 Å². The molecule has 130 valence electrons. The normalized spacial score (nSPS) is 13.1. The van der Waals surface area contributed by atoms with E-state index in [4.69, 9.17) is 9.47 Å². The number of nitrogens with zero attached hydrogens (tertiary/aromatic N) is 2. The monoisotopic (exact) mass is 340 g/mol. The van der Waals surface area contributed by atoms with E-state index < -0.39 is 0 Å². The summed E-state index contributed by atoms with van der Waals surface area (Å²) in [5.74, 6) is 0.436. The van der Waals surface area contributed by atoms with Gasteiger partial charge >= 0.3 is 5.97 Å². The third kappa shape index (κ3) is 3.63. The lowest BCUT2D eigenvalue weighted by molar-refractivity contribution is -0.131. The highest BCUT2D eigenvalue weighted by molar-refractivity contribution is 5.91. The Morgan fingerprint density at radius 3 is 2.60 bits per heavy atom. The van der Waals surface area contributed by atoms with Crippen LogP contribution >= 0.6 is 0 Å². The van der Waals surface area contributed by atoms with Crippen molar-refractivity contribution in [3.05, 3.63) is 58.9 Å². The van der Waals surface area contributed by atoms with Crippen molar-refractivity contribution in [1.82, 2.24) is 9.88 Å². The molecule has 3 rings (SSSR count). The van der Waals surface area contributed by atoms with Crippen molar-refractivity contribution < 1.29 is 19.1 Å². The van der Waals surface area contributed by atoms with Gasteiger partial charge in [0, 0.05) is 25.5 Å². The van der Waals surface area contributed by atoms with E-state index in [2.05, 4.69) is 4.98 Å². The standard InChI is InChI=1S/C19H20N2O4/c1-24-15-5-3-13(4-6-15)9-18(22)21-8-7-16-14(12-21)10-20-11-17(16)19(23)25-2/h3-6,10-11H,7-9,12H2,1-2H3. The number of ether oxygens (including phenoxy) is 2. The second kappa shape index (κ2) is 7.34. The van der Waals surface area contributed by atoms with Crippen LogP contribution in [0.25, 0.3) is 0 Å². The summed E-state index contributed by atoms with van der Waals surface area (Å²) in [6.07, 6.45) is 4.20. The molecule has 2 aromatic rings. The van der Waals surface area contributed by atoms with Crippen molar-refractivity contribution in [2.24, 2.45) is 0 Å². The van der Waals surface area contributed by atoms with Crippen molar-refractivity contribution in [2.75, 3.05) is 20.8 Å². The second-order valence-electron chi connectivity index (χ2n) is 5.91. The number of benzene rings is 1. The van der Waals surface area contributed by atoms with Gasteiger partial charge in [0.05, 0.1) is 26.2 Å². The van der Waals surface area contributed by atoms with Gasteiger partial charge in [-0.05, 0) is 35.2 Å². The maximum absolute atomic E-state index is 12.6. The maximum atomic E-state index is 12.6. The van der Waals surface area contributed by atoms with Gasteiger partial charge in [0.15, 0.2) is 0 Å². The van der Waals surface area contributed by atoms with E-state index in [1.165, 1.54) is 13.3 Å². The fraction of sp³-hybridized carbons (Fsp3) is 0.316. The number of methoxy groups -OCH3 is 2. The van der Waals surface area contributed by atoms with Crippen LogP contribution in [-0.4, -0.2) is 42.5 Å². The summed E-state index contributed by atoms with van der Waals surface area (Å²) in [4.78, 5) is 30.3. The predicted octanol–water partition coefficient (Wildman–Crippen LogP) is 2.00. The zero-order valence-corrected chi connectivity index (χ0v) is 14.3. The number of fused-ring (bicyclic) bond motifs is 1. The number of carbonyl (C=O) groups excluding carboxylic acids is 2. The molecule has 0 radical (unpaired) electrons. The Hall–Kier alpha value is -2.89. The third-order valence-corrected chi connectivity index (χ3v) is 4.41. The molecule has 1 aromatic carbocycles. The molecule has 0 spiro atoms. The van der Waals surface area contributed by atoms with Gasteiger partial charge in [-0.1, -0.05) is 12.1 Å². The van der Waals surface area contributed by atoms with Crippen LogP contribution < -0.4 is 4.74 Å². The first-order valence-corrected chi connectivity index (χ1v) is 8.07. The van der Waals surface area contributed by atoms with Gasteiger partial charge in [-0.2, -0.15) is 0 Å². The third-order valence-electron chi connectivity index (χ3n) is 4.41. The number of rotatable bonds is 4. The Balaban J connectivity index is 1.71. The zero-order chi connectivity index (χ0) is 17.8. The molecule has 0 saturated heterocycles. The van der Waals surface area contributed by atoms with Crippen LogP contribution in [-0.2, 0) is 28.9 Å². The number of aromatic nitrogens is 1. The SMILES string of the molecule is COC(=O)c1cncc2c1CCN(C(=O)Cc1ccc(OC)cc1)C2. The molecule has 6 heteroatoms. The van der Waals surface area contributed by atoms with Crippen LogP contribution in [0.15, 0.2) is 36.7 Å². The van der Waals surface area contributed by atoms with E-state index in [-0.39, 0.29) is 11.9 Å². The number of carbonyl (C=O) groups is 2. The van der Waals surface area contributed by atoms with Crippen LogP contribution in [0.2, 0.25) is 0 Å².